The van der Waals surface area contributed by atoms with Gasteiger partial charge in [-0.1, -0.05) is 23.5 Å². The molecular formula is C14H19N3OS. The minimum absolute atomic E-state index is 0.145. The fourth-order valence-corrected chi connectivity index (χ4v) is 2.90. The fraction of sp³-hybridized carbons (Fsp3) is 0.429. The molecule has 0 saturated carbocycles. The van der Waals surface area contributed by atoms with E-state index in [1.54, 1.807) is 11.3 Å². The molecule has 0 aliphatic heterocycles. The summed E-state index contributed by atoms with van der Waals surface area (Å²) in [4.78, 5) is 20.4. The van der Waals surface area contributed by atoms with Crippen LogP contribution in [0.2, 0.25) is 0 Å². The second-order valence-electron chi connectivity index (χ2n) is 4.39. The van der Waals surface area contributed by atoms with Crippen LogP contribution in [-0.2, 0) is 4.79 Å². The predicted molar refractivity (Wildman–Crippen MR) is 80.8 cm³/mol. The van der Waals surface area contributed by atoms with Crippen LogP contribution in [-0.4, -0.2) is 42.5 Å². The molecule has 19 heavy (non-hydrogen) atoms. The van der Waals surface area contributed by atoms with Crippen molar-refractivity contribution in [3.05, 3.63) is 24.3 Å². The number of benzene rings is 1. The van der Waals surface area contributed by atoms with E-state index in [0.29, 0.717) is 6.54 Å². The normalized spacial score (nSPS) is 10.7. The smallest absolute Gasteiger partial charge is 0.242 e. The van der Waals surface area contributed by atoms with Crippen molar-refractivity contribution in [2.45, 2.75) is 13.8 Å². The van der Waals surface area contributed by atoms with Gasteiger partial charge in [-0.05, 0) is 26.0 Å². The predicted octanol–water partition coefficient (Wildman–Crippen LogP) is 2.60. The molecule has 0 bridgehead atoms. The Morgan fingerprint density at radius 1 is 1.26 bits per heavy atom. The van der Waals surface area contributed by atoms with E-state index < -0.39 is 0 Å². The minimum atomic E-state index is 0.145. The summed E-state index contributed by atoms with van der Waals surface area (Å²) in [5.41, 5.74) is 0.990. The average Bonchev–Trinajstić information content (AvgIpc) is 2.84. The zero-order valence-electron chi connectivity index (χ0n) is 11.6. The van der Waals surface area contributed by atoms with Crippen molar-refractivity contribution in [2.24, 2.45) is 0 Å². The third kappa shape index (κ3) is 3.04. The Balaban J connectivity index is 2.11. The molecule has 2 aromatic rings. The number of carbonyl (C=O) groups is 1. The molecule has 0 aliphatic rings. The number of anilines is 1. The van der Waals surface area contributed by atoms with Crippen molar-refractivity contribution >= 4 is 32.6 Å². The summed E-state index contributed by atoms with van der Waals surface area (Å²) < 4.78 is 1.15. The standard InChI is InChI=1S/C14H19N3OS/c1-4-17(5-2)13(18)10-16(3)14-15-11-8-6-7-9-12(11)19-14/h6-9H,4-5,10H2,1-3H3. The number of hydrogen-bond donors (Lipinski definition) is 0. The Hall–Kier alpha value is -1.62. The summed E-state index contributed by atoms with van der Waals surface area (Å²) >= 11 is 1.62. The zero-order chi connectivity index (χ0) is 13.8. The van der Waals surface area contributed by atoms with Gasteiger partial charge in [0.25, 0.3) is 0 Å². The Bertz CT molecular complexity index is 530. The maximum absolute atomic E-state index is 12.1. The van der Waals surface area contributed by atoms with Gasteiger partial charge in [0, 0.05) is 20.1 Å². The molecule has 1 heterocycles. The highest BCUT2D eigenvalue weighted by molar-refractivity contribution is 7.22. The summed E-state index contributed by atoms with van der Waals surface area (Å²) in [5, 5.41) is 0.890. The quantitative estimate of drug-likeness (QED) is 0.843. The number of para-hydroxylation sites is 1. The van der Waals surface area contributed by atoms with Crippen molar-refractivity contribution in [3.8, 4) is 0 Å². The van der Waals surface area contributed by atoms with Crippen LogP contribution in [0.1, 0.15) is 13.8 Å². The molecule has 0 spiro atoms. The van der Waals surface area contributed by atoms with E-state index in [1.165, 1.54) is 0 Å². The number of likely N-dealkylation sites (N-methyl/N-ethyl adjacent to an activating group) is 2. The van der Waals surface area contributed by atoms with E-state index >= 15 is 0 Å². The maximum Gasteiger partial charge on any atom is 0.242 e. The first kappa shape index (κ1) is 13.8. The minimum Gasteiger partial charge on any atom is -0.342 e. The topological polar surface area (TPSA) is 36.4 Å². The molecular weight excluding hydrogens is 258 g/mol. The van der Waals surface area contributed by atoms with Gasteiger partial charge in [-0.25, -0.2) is 4.98 Å². The average molecular weight is 277 g/mol. The van der Waals surface area contributed by atoms with Crippen LogP contribution in [0.15, 0.2) is 24.3 Å². The molecule has 1 amide bonds. The maximum atomic E-state index is 12.1. The number of amides is 1. The highest BCUT2D eigenvalue weighted by atomic mass is 32.1. The molecule has 0 saturated heterocycles. The third-order valence-electron chi connectivity index (χ3n) is 3.10. The third-order valence-corrected chi connectivity index (χ3v) is 4.25. The number of rotatable bonds is 5. The summed E-state index contributed by atoms with van der Waals surface area (Å²) in [6, 6.07) is 8.03. The van der Waals surface area contributed by atoms with Crippen LogP contribution < -0.4 is 4.90 Å². The van der Waals surface area contributed by atoms with Gasteiger partial charge in [-0.2, -0.15) is 0 Å². The number of hydrogen-bond acceptors (Lipinski definition) is 4. The number of nitrogens with zero attached hydrogens (tertiary/aromatic N) is 3. The molecule has 4 nitrogen and oxygen atoms in total. The van der Waals surface area contributed by atoms with Crippen molar-refractivity contribution in [3.63, 3.8) is 0 Å². The van der Waals surface area contributed by atoms with E-state index in [2.05, 4.69) is 11.1 Å². The molecule has 102 valence electrons. The first-order valence-electron chi connectivity index (χ1n) is 6.50. The monoisotopic (exact) mass is 277 g/mol. The van der Waals surface area contributed by atoms with Crippen molar-refractivity contribution < 1.29 is 4.79 Å². The second-order valence-corrected chi connectivity index (χ2v) is 5.40. The van der Waals surface area contributed by atoms with Crippen molar-refractivity contribution in [2.75, 3.05) is 31.6 Å². The zero-order valence-corrected chi connectivity index (χ0v) is 12.4. The van der Waals surface area contributed by atoms with Crippen LogP contribution in [0.25, 0.3) is 10.2 Å². The van der Waals surface area contributed by atoms with Gasteiger partial charge in [0.2, 0.25) is 5.91 Å². The van der Waals surface area contributed by atoms with E-state index in [9.17, 15) is 4.79 Å². The Kier molecular flexibility index (Phi) is 4.37. The largest absolute Gasteiger partial charge is 0.342 e. The lowest BCUT2D eigenvalue weighted by Crippen LogP contribution is -2.38. The van der Waals surface area contributed by atoms with Gasteiger partial charge in [0.1, 0.15) is 0 Å². The van der Waals surface area contributed by atoms with Crippen LogP contribution in [0.3, 0.4) is 0 Å². The Labute approximate surface area is 117 Å². The molecule has 1 aromatic carbocycles. The van der Waals surface area contributed by atoms with Crippen LogP contribution in [0.4, 0.5) is 5.13 Å². The van der Waals surface area contributed by atoms with Crippen LogP contribution in [0.5, 0.6) is 0 Å². The molecule has 0 fully saturated rings. The molecule has 5 heteroatoms. The summed E-state index contributed by atoms with van der Waals surface area (Å²) in [7, 11) is 1.92. The van der Waals surface area contributed by atoms with E-state index in [4.69, 9.17) is 0 Å². The highest BCUT2D eigenvalue weighted by Gasteiger charge is 2.15. The molecule has 0 atom stereocenters. The fourth-order valence-electron chi connectivity index (χ4n) is 1.97. The van der Waals surface area contributed by atoms with Gasteiger partial charge in [-0.3, -0.25) is 4.79 Å². The molecule has 0 radical (unpaired) electrons. The van der Waals surface area contributed by atoms with Crippen molar-refractivity contribution in [1.82, 2.24) is 9.88 Å². The summed E-state index contributed by atoms with van der Waals surface area (Å²) in [6.07, 6.45) is 0. The van der Waals surface area contributed by atoms with E-state index in [0.717, 1.165) is 28.4 Å². The molecule has 0 N–H and O–H groups in total. The van der Waals surface area contributed by atoms with E-state index in [1.807, 2.05) is 48.9 Å². The number of thiazole rings is 1. The first-order chi connectivity index (χ1) is 9.15. The SMILES string of the molecule is CCN(CC)C(=O)CN(C)c1nc2ccccc2s1. The summed E-state index contributed by atoms with van der Waals surface area (Å²) in [6.45, 7) is 5.88. The second kappa shape index (κ2) is 6.02. The molecule has 0 unspecified atom stereocenters. The number of fused-ring (bicyclic) bond motifs is 1. The Morgan fingerprint density at radius 3 is 2.58 bits per heavy atom. The van der Waals surface area contributed by atoms with Gasteiger partial charge >= 0.3 is 0 Å². The number of aromatic nitrogens is 1. The number of carbonyl (C=O) groups excluding carboxylic acids is 1. The lowest BCUT2D eigenvalue weighted by atomic mass is 10.3. The van der Waals surface area contributed by atoms with Gasteiger partial charge < -0.3 is 9.80 Å². The van der Waals surface area contributed by atoms with E-state index in [-0.39, 0.29) is 5.91 Å². The molecule has 0 aliphatic carbocycles. The van der Waals surface area contributed by atoms with Crippen molar-refractivity contribution in [1.29, 1.82) is 0 Å². The van der Waals surface area contributed by atoms with Crippen LogP contribution in [0, 0.1) is 0 Å². The highest BCUT2D eigenvalue weighted by Crippen LogP contribution is 2.27. The van der Waals surface area contributed by atoms with Crippen LogP contribution >= 0.6 is 11.3 Å². The van der Waals surface area contributed by atoms with Gasteiger partial charge in [0.05, 0.1) is 16.8 Å². The van der Waals surface area contributed by atoms with Gasteiger partial charge in [-0.15, -0.1) is 0 Å². The molecule has 2 rings (SSSR count). The first-order valence-corrected chi connectivity index (χ1v) is 7.31. The lowest BCUT2D eigenvalue weighted by Gasteiger charge is -2.22. The molecule has 1 aromatic heterocycles. The Morgan fingerprint density at radius 2 is 1.95 bits per heavy atom. The lowest BCUT2D eigenvalue weighted by molar-refractivity contribution is -0.129. The van der Waals surface area contributed by atoms with Gasteiger partial charge in [0.15, 0.2) is 5.13 Å². The summed E-state index contributed by atoms with van der Waals surface area (Å²) in [5.74, 6) is 0.145.